The highest BCUT2D eigenvalue weighted by Gasteiger charge is 2.44. The molecule has 0 radical (unpaired) electrons. The van der Waals surface area contributed by atoms with Gasteiger partial charge >= 0.3 is 0 Å². The molecular weight excluding hydrogens is 225 g/mol. The van der Waals surface area contributed by atoms with Crippen molar-refractivity contribution in [2.24, 2.45) is 12.8 Å². The van der Waals surface area contributed by atoms with Crippen LogP contribution in [0.2, 0.25) is 0 Å². The Morgan fingerprint density at radius 2 is 2.14 bits per heavy atom. The molecular formula is C8H15Cl2N3O. The van der Waals surface area contributed by atoms with E-state index in [1.54, 1.807) is 6.20 Å². The predicted molar refractivity (Wildman–Crippen MR) is 58.8 cm³/mol. The molecule has 1 aromatic rings. The average molecular weight is 240 g/mol. The zero-order valence-electron chi connectivity index (χ0n) is 7.88. The van der Waals surface area contributed by atoms with E-state index in [1.807, 2.05) is 17.8 Å². The summed E-state index contributed by atoms with van der Waals surface area (Å²) in [6, 6.07) is 0.131. The van der Waals surface area contributed by atoms with Gasteiger partial charge < -0.3 is 15.4 Å². The van der Waals surface area contributed by atoms with Gasteiger partial charge in [-0.2, -0.15) is 0 Å². The maximum absolute atomic E-state index is 9.96. The molecule has 2 rings (SSSR count). The van der Waals surface area contributed by atoms with E-state index in [4.69, 9.17) is 5.73 Å². The van der Waals surface area contributed by atoms with E-state index in [-0.39, 0.29) is 30.9 Å². The Morgan fingerprint density at radius 1 is 1.57 bits per heavy atom. The monoisotopic (exact) mass is 239 g/mol. The van der Waals surface area contributed by atoms with Crippen molar-refractivity contribution in [2.45, 2.75) is 24.5 Å². The molecule has 0 aromatic carbocycles. The first-order valence-corrected chi connectivity index (χ1v) is 4.07. The minimum atomic E-state index is -0.766. The highest BCUT2D eigenvalue weighted by atomic mass is 35.5. The van der Waals surface area contributed by atoms with Gasteiger partial charge in [-0.05, 0) is 12.8 Å². The van der Waals surface area contributed by atoms with Crippen LogP contribution < -0.4 is 5.73 Å². The van der Waals surface area contributed by atoms with E-state index in [9.17, 15) is 5.11 Å². The maximum Gasteiger partial charge on any atom is 0.140 e. The summed E-state index contributed by atoms with van der Waals surface area (Å²) in [4.78, 5) is 4.10. The summed E-state index contributed by atoms with van der Waals surface area (Å²) in [6.07, 6.45) is 4.77. The number of aliphatic hydroxyl groups is 1. The molecule has 0 amide bonds. The number of hydrogen-bond donors (Lipinski definition) is 2. The third kappa shape index (κ3) is 2.03. The molecule has 0 saturated heterocycles. The molecule has 0 atom stereocenters. The number of hydrogen-bond acceptors (Lipinski definition) is 3. The molecule has 4 nitrogen and oxygen atoms in total. The highest BCUT2D eigenvalue weighted by molar-refractivity contribution is 5.85. The Labute approximate surface area is 95.3 Å². The quantitative estimate of drug-likeness (QED) is 0.754. The van der Waals surface area contributed by atoms with E-state index >= 15 is 0 Å². The largest absolute Gasteiger partial charge is 0.382 e. The first kappa shape index (κ1) is 13.7. The first-order valence-electron chi connectivity index (χ1n) is 4.07. The summed E-state index contributed by atoms with van der Waals surface area (Å²) in [6.45, 7) is 0. The van der Waals surface area contributed by atoms with Crippen LogP contribution in [-0.4, -0.2) is 20.7 Å². The second-order valence-electron chi connectivity index (χ2n) is 3.56. The summed E-state index contributed by atoms with van der Waals surface area (Å²) in [5, 5.41) is 9.96. The molecule has 1 heterocycles. The molecule has 6 heteroatoms. The van der Waals surface area contributed by atoms with Gasteiger partial charge in [-0.1, -0.05) is 0 Å². The number of nitrogens with two attached hydrogens (primary N) is 1. The Hall–Kier alpha value is -0.290. The molecule has 1 saturated carbocycles. The minimum Gasteiger partial charge on any atom is -0.382 e. The van der Waals surface area contributed by atoms with Gasteiger partial charge in [0.1, 0.15) is 11.4 Å². The lowest BCUT2D eigenvalue weighted by atomic mass is 9.75. The lowest BCUT2D eigenvalue weighted by Crippen LogP contribution is -2.50. The molecule has 0 bridgehead atoms. The van der Waals surface area contributed by atoms with Crippen LogP contribution in [0.3, 0.4) is 0 Å². The molecule has 0 aliphatic heterocycles. The number of imidazole rings is 1. The van der Waals surface area contributed by atoms with Crippen molar-refractivity contribution in [3.05, 3.63) is 18.2 Å². The van der Waals surface area contributed by atoms with Gasteiger partial charge in [0.25, 0.3) is 0 Å². The van der Waals surface area contributed by atoms with Crippen molar-refractivity contribution in [2.75, 3.05) is 0 Å². The zero-order chi connectivity index (χ0) is 8.77. The summed E-state index contributed by atoms with van der Waals surface area (Å²) >= 11 is 0. The van der Waals surface area contributed by atoms with Gasteiger partial charge in [0.15, 0.2) is 0 Å². The van der Waals surface area contributed by atoms with Crippen LogP contribution >= 0.6 is 24.8 Å². The topological polar surface area (TPSA) is 64.1 Å². The van der Waals surface area contributed by atoms with E-state index in [0.717, 1.165) is 5.82 Å². The third-order valence-corrected chi connectivity index (χ3v) is 2.44. The second kappa shape index (κ2) is 4.49. The Kier molecular flexibility index (Phi) is 4.39. The fraction of sp³-hybridized carbons (Fsp3) is 0.625. The molecule has 0 spiro atoms. The average Bonchev–Trinajstić information content (AvgIpc) is 2.32. The van der Waals surface area contributed by atoms with Crippen molar-refractivity contribution in [1.82, 2.24) is 9.55 Å². The van der Waals surface area contributed by atoms with Crippen LogP contribution in [0.5, 0.6) is 0 Å². The van der Waals surface area contributed by atoms with Crippen molar-refractivity contribution >= 4 is 24.8 Å². The number of aromatic nitrogens is 2. The lowest BCUT2D eigenvalue weighted by molar-refractivity contribution is -0.0618. The van der Waals surface area contributed by atoms with Gasteiger partial charge in [-0.3, -0.25) is 0 Å². The van der Waals surface area contributed by atoms with Crippen LogP contribution in [0, 0.1) is 0 Å². The molecule has 82 valence electrons. The number of aryl methyl sites for hydroxylation is 1. The SMILES string of the molecule is Cl.Cl.Cn1ccnc1C1(O)CC(N)C1. The molecule has 1 aromatic heterocycles. The molecule has 3 N–H and O–H groups in total. The third-order valence-electron chi connectivity index (χ3n) is 2.44. The summed E-state index contributed by atoms with van der Waals surface area (Å²) in [7, 11) is 1.88. The normalized spacial score (nSPS) is 29.8. The van der Waals surface area contributed by atoms with Gasteiger partial charge in [0.05, 0.1) is 0 Å². The zero-order valence-corrected chi connectivity index (χ0v) is 9.51. The molecule has 1 aliphatic carbocycles. The van der Waals surface area contributed by atoms with Crippen molar-refractivity contribution in [1.29, 1.82) is 0 Å². The highest BCUT2D eigenvalue weighted by Crippen LogP contribution is 2.38. The van der Waals surface area contributed by atoms with E-state index in [0.29, 0.717) is 12.8 Å². The summed E-state index contributed by atoms with van der Waals surface area (Å²) < 4.78 is 1.84. The Morgan fingerprint density at radius 3 is 2.50 bits per heavy atom. The van der Waals surface area contributed by atoms with Crippen LogP contribution in [-0.2, 0) is 12.6 Å². The van der Waals surface area contributed by atoms with Crippen molar-refractivity contribution < 1.29 is 5.11 Å². The van der Waals surface area contributed by atoms with Crippen molar-refractivity contribution in [3.8, 4) is 0 Å². The van der Waals surface area contributed by atoms with Gasteiger partial charge in [0.2, 0.25) is 0 Å². The number of rotatable bonds is 1. The fourth-order valence-corrected chi connectivity index (χ4v) is 1.80. The van der Waals surface area contributed by atoms with Gasteiger partial charge in [-0.25, -0.2) is 4.98 Å². The fourth-order valence-electron chi connectivity index (χ4n) is 1.80. The smallest absolute Gasteiger partial charge is 0.140 e. The van der Waals surface area contributed by atoms with Gasteiger partial charge in [0, 0.05) is 25.5 Å². The maximum atomic E-state index is 9.96. The van der Waals surface area contributed by atoms with E-state index < -0.39 is 5.60 Å². The van der Waals surface area contributed by atoms with Crippen LogP contribution in [0.1, 0.15) is 18.7 Å². The molecule has 1 fully saturated rings. The standard InChI is InChI=1S/C8H13N3O.2ClH/c1-11-3-2-10-7(11)8(12)4-6(9)5-8;;/h2-3,6,12H,4-5,9H2,1H3;2*1H. The predicted octanol–water partition coefficient (Wildman–Crippen LogP) is 0.572. The molecule has 14 heavy (non-hydrogen) atoms. The van der Waals surface area contributed by atoms with E-state index in [1.165, 1.54) is 0 Å². The minimum absolute atomic E-state index is 0. The summed E-state index contributed by atoms with van der Waals surface area (Å²) in [5.74, 6) is 0.726. The first-order chi connectivity index (χ1) is 5.62. The molecule has 1 aliphatic rings. The van der Waals surface area contributed by atoms with Crippen molar-refractivity contribution in [3.63, 3.8) is 0 Å². The van der Waals surface area contributed by atoms with Crippen LogP contribution in [0.25, 0.3) is 0 Å². The van der Waals surface area contributed by atoms with Crippen LogP contribution in [0.4, 0.5) is 0 Å². The Bertz CT molecular complexity index is 297. The number of halogens is 2. The second-order valence-corrected chi connectivity index (χ2v) is 3.56. The molecule has 0 unspecified atom stereocenters. The van der Waals surface area contributed by atoms with Crippen LogP contribution in [0.15, 0.2) is 12.4 Å². The van der Waals surface area contributed by atoms with E-state index in [2.05, 4.69) is 4.98 Å². The van der Waals surface area contributed by atoms with Gasteiger partial charge in [-0.15, -0.1) is 24.8 Å². The lowest BCUT2D eigenvalue weighted by Gasteiger charge is -2.40. The summed E-state index contributed by atoms with van der Waals surface area (Å²) in [5.41, 5.74) is 4.85. The number of nitrogens with zero attached hydrogens (tertiary/aromatic N) is 2. The Balaban J connectivity index is 0.000000845.